The van der Waals surface area contributed by atoms with E-state index in [1.165, 1.54) is 0 Å². The predicted octanol–water partition coefficient (Wildman–Crippen LogP) is 3.50. The number of alkyl halides is 1. The number of hydrogen-bond donors (Lipinski definition) is 0. The van der Waals surface area contributed by atoms with Crippen molar-refractivity contribution in [2.75, 3.05) is 5.33 Å². The van der Waals surface area contributed by atoms with E-state index < -0.39 is 0 Å². The second-order valence-corrected chi connectivity index (χ2v) is 3.62. The van der Waals surface area contributed by atoms with E-state index in [1.807, 2.05) is 31.2 Å². The topological polar surface area (TPSA) is 9.23 Å². The highest BCUT2D eigenvalue weighted by Gasteiger charge is 2.00. The Labute approximate surface area is 85.8 Å². The van der Waals surface area contributed by atoms with Crippen LogP contribution in [0.5, 0.6) is 5.75 Å². The summed E-state index contributed by atoms with van der Waals surface area (Å²) in [6, 6.07) is 7.36. The second kappa shape index (κ2) is 4.73. The number of rotatable bonds is 3. The Morgan fingerprint density at radius 2 is 2.00 bits per heavy atom. The standard InChI is InChI=1S/C9H10BrClO/c1-7(6-10)12-9-4-2-8(11)3-5-9/h2-5,7H,6H2,1H3/t7-/m0/s1. The minimum Gasteiger partial charge on any atom is -0.490 e. The Balaban J connectivity index is 2.58. The molecule has 1 aromatic carbocycles. The molecule has 1 rings (SSSR count). The van der Waals surface area contributed by atoms with E-state index in [9.17, 15) is 0 Å². The molecule has 12 heavy (non-hydrogen) atoms. The van der Waals surface area contributed by atoms with E-state index >= 15 is 0 Å². The molecule has 3 heteroatoms. The summed E-state index contributed by atoms with van der Waals surface area (Å²) in [6.45, 7) is 2.00. The van der Waals surface area contributed by atoms with Crippen molar-refractivity contribution in [3.05, 3.63) is 29.3 Å². The van der Waals surface area contributed by atoms with Crippen LogP contribution in [0.25, 0.3) is 0 Å². The Morgan fingerprint density at radius 1 is 1.42 bits per heavy atom. The average molecular weight is 250 g/mol. The van der Waals surface area contributed by atoms with Gasteiger partial charge in [-0.25, -0.2) is 0 Å². The zero-order valence-corrected chi connectivity index (χ0v) is 9.10. The van der Waals surface area contributed by atoms with Crippen molar-refractivity contribution in [3.8, 4) is 5.75 Å². The van der Waals surface area contributed by atoms with Gasteiger partial charge >= 0.3 is 0 Å². The maximum absolute atomic E-state index is 5.72. The second-order valence-electron chi connectivity index (χ2n) is 2.54. The lowest BCUT2D eigenvalue weighted by Gasteiger charge is -2.11. The lowest BCUT2D eigenvalue weighted by Crippen LogP contribution is -2.12. The zero-order valence-electron chi connectivity index (χ0n) is 6.76. The van der Waals surface area contributed by atoms with Crippen molar-refractivity contribution >= 4 is 27.5 Å². The molecule has 0 N–H and O–H groups in total. The molecule has 0 radical (unpaired) electrons. The zero-order chi connectivity index (χ0) is 8.97. The van der Waals surface area contributed by atoms with Gasteiger partial charge in [0.15, 0.2) is 0 Å². The first-order chi connectivity index (χ1) is 5.72. The van der Waals surface area contributed by atoms with Gasteiger partial charge in [-0.15, -0.1) is 0 Å². The first-order valence-electron chi connectivity index (χ1n) is 3.70. The molecule has 0 heterocycles. The summed E-state index contributed by atoms with van der Waals surface area (Å²) < 4.78 is 5.51. The van der Waals surface area contributed by atoms with E-state index in [4.69, 9.17) is 16.3 Å². The normalized spacial score (nSPS) is 12.6. The lowest BCUT2D eigenvalue weighted by atomic mass is 10.3. The van der Waals surface area contributed by atoms with Crippen LogP contribution in [0.2, 0.25) is 5.02 Å². The third-order valence-corrected chi connectivity index (χ3v) is 2.53. The fourth-order valence-corrected chi connectivity index (χ4v) is 1.04. The summed E-state index contributed by atoms with van der Waals surface area (Å²) in [5, 5.41) is 1.56. The van der Waals surface area contributed by atoms with Crippen molar-refractivity contribution in [3.63, 3.8) is 0 Å². The molecule has 66 valence electrons. The van der Waals surface area contributed by atoms with Gasteiger partial charge in [0.25, 0.3) is 0 Å². The third-order valence-electron chi connectivity index (χ3n) is 1.37. The molecule has 0 spiro atoms. The van der Waals surface area contributed by atoms with E-state index in [-0.39, 0.29) is 6.10 Å². The molecule has 0 fully saturated rings. The Hall–Kier alpha value is -0.210. The van der Waals surface area contributed by atoms with E-state index in [0.717, 1.165) is 16.1 Å². The fourth-order valence-electron chi connectivity index (χ4n) is 0.777. The van der Waals surface area contributed by atoms with Crippen LogP contribution in [0.1, 0.15) is 6.92 Å². The van der Waals surface area contributed by atoms with Crippen LogP contribution in [0, 0.1) is 0 Å². The minimum atomic E-state index is 0.186. The molecule has 1 atom stereocenters. The van der Waals surface area contributed by atoms with Crippen LogP contribution in [-0.2, 0) is 0 Å². The Kier molecular flexibility index (Phi) is 3.89. The van der Waals surface area contributed by atoms with Gasteiger partial charge in [0.05, 0.1) is 0 Å². The van der Waals surface area contributed by atoms with Crippen LogP contribution in [0.4, 0.5) is 0 Å². The highest BCUT2D eigenvalue weighted by molar-refractivity contribution is 9.09. The van der Waals surface area contributed by atoms with Gasteiger partial charge in [-0.3, -0.25) is 0 Å². The number of benzene rings is 1. The van der Waals surface area contributed by atoms with Gasteiger partial charge in [-0.1, -0.05) is 27.5 Å². The van der Waals surface area contributed by atoms with Crippen LogP contribution in [0.15, 0.2) is 24.3 Å². The highest BCUT2D eigenvalue weighted by atomic mass is 79.9. The van der Waals surface area contributed by atoms with Crippen LogP contribution >= 0.6 is 27.5 Å². The number of ether oxygens (including phenoxy) is 1. The van der Waals surface area contributed by atoms with Gasteiger partial charge in [0.2, 0.25) is 0 Å². The van der Waals surface area contributed by atoms with Crippen LogP contribution < -0.4 is 4.74 Å². The summed E-state index contributed by atoms with van der Waals surface area (Å²) in [6.07, 6.45) is 0.186. The van der Waals surface area contributed by atoms with Crippen LogP contribution in [-0.4, -0.2) is 11.4 Å². The van der Waals surface area contributed by atoms with E-state index in [2.05, 4.69) is 15.9 Å². The lowest BCUT2D eigenvalue weighted by molar-refractivity contribution is 0.248. The number of hydrogen-bond acceptors (Lipinski definition) is 1. The monoisotopic (exact) mass is 248 g/mol. The van der Waals surface area contributed by atoms with Crippen LogP contribution in [0.3, 0.4) is 0 Å². The number of halogens is 2. The van der Waals surface area contributed by atoms with E-state index in [0.29, 0.717) is 0 Å². The van der Waals surface area contributed by atoms with E-state index in [1.54, 1.807) is 0 Å². The van der Waals surface area contributed by atoms with Gasteiger partial charge in [0.1, 0.15) is 11.9 Å². The molecule has 0 aromatic heterocycles. The molecule has 0 aliphatic carbocycles. The minimum absolute atomic E-state index is 0.186. The maximum atomic E-state index is 5.72. The van der Waals surface area contributed by atoms with Crippen molar-refractivity contribution in [1.29, 1.82) is 0 Å². The summed E-state index contributed by atoms with van der Waals surface area (Å²) >= 11 is 9.05. The maximum Gasteiger partial charge on any atom is 0.119 e. The van der Waals surface area contributed by atoms with Crippen molar-refractivity contribution in [2.24, 2.45) is 0 Å². The van der Waals surface area contributed by atoms with Crippen molar-refractivity contribution in [1.82, 2.24) is 0 Å². The average Bonchev–Trinajstić information content (AvgIpc) is 2.09. The van der Waals surface area contributed by atoms with Gasteiger partial charge < -0.3 is 4.74 Å². The molecular weight excluding hydrogens is 239 g/mol. The van der Waals surface area contributed by atoms with Gasteiger partial charge in [-0.05, 0) is 31.2 Å². The van der Waals surface area contributed by atoms with Crippen molar-refractivity contribution < 1.29 is 4.74 Å². The molecule has 0 unspecified atom stereocenters. The fraction of sp³-hybridized carbons (Fsp3) is 0.333. The first kappa shape index (κ1) is 9.87. The smallest absolute Gasteiger partial charge is 0.119 e. The third kappa shape index (κ3) is 3.03. The van der Waals surface area contributed by atoms with Gasteiger partial charge in [0, 0.05) is 10.4 Å². The SMILES string of the molecule is C[C@@H](CBr)Oc1ccc(Cl)cc1. The molecular formula is C9H10BrClO. The predicted molar refractivity (Wildman–Crippen MR) is 55.3 cm³/mol. The highest BCUT2D eigenvalue weighted by Crippen LogP contribution is 2.16. The largest absolute Gasteiger partial charge is 0.490 e. The molecule has 0 aliphatic heterocycles. The molecule has 1 nitrogen and oxygen atoms in total. The Bertz CT molecular complexity index is 235. The molecule has 0 saturated carbocycles. The quantitative estimate of drug-likeness (QED) is 0.745. The molecule has 0 aliphatic rings. The Morgan fingerprint density at radius 3 is 2.50 bits per heavy atom. The van der Waals surface area contributed by atoms with Crippen molar-refractivity contribution in [2.45, 2.75) is 13.0 Å². The molecule has 0 bridgehead atoms. The summed E-state index contributed by atoms with van der Waals surface area (Å²) in [5.41, 5.74) is 0. The first-order valence-corrected chi connectivity index (χ1v) is 5.20. The van der Waals surface area contributed by atoms with Gasteiger partial charge in [-0.2, -0.15) is 0 Å². The molecule has 1 aromatic rings. The molecule has 0 amide bonds. The summed E-state index contributed by atoms with van der Waals surface area (Å²) in [7, 11) is 0. The summed E-state index contributed by atoms with van der Waals surface area (Å²) in [5.74, 6) is 0.853. The molecule has 0 saturated heterocycles. The summed E-state index contributed by atoms with van der Waals surface area (Å²) in [4.78, 5) is 0.